The Morgan fingerprint density at radius 1 is 1.47 bits per heavy atom. The molecule has 0 amide bonds. The SMILES string of the molecule is CC(C)c1c(C#N)ccc2sc(N)nc12. The first-order valence-electron chi connectivity index (χ1n) is 4.72. The number of anilines is 1. The number of nitrogen functional groups attached to an aromatic ring is 1. The average Bonchev–Trinajstić information content (AvgIpc) is 2.55. The first-order chi connectivity index (χ1) is 7.13. The summed E-state index contributed by atoms with van der Waals surface area (Å²) in [5.74, 6) is 0.282. The summed E-state index contributed by atoms with van der Waals surface area (Å²) in [6.07, 6.45) is 0. The van der Waals surface area contributed by atoms with Gasteiger partial charge in [0.05, 0.1) is 21.8 Å². The van der Waals surface area contributed by atoms with Crippen LogP contribution in [0.25, 0.3) is 10.2 Å². The minimum absolute atomic E-state index is 0.282. The lowest BCUT2D eigenvalue weighted by Gasteiger charge is -2.07. The highest BCUT2D eigenvalue weighted by molar-refractivity contribution is 7.22. The molecule has 0 radical (unpaired) electrons. The molecule has 4 heteroatoms. The van der Waals surface area contributed by atoms with Gasteiger partial charge < -0.3 is 5.73 Å². The molecule has 0 bridgehead atoms. The van der Waals surface area contributed by atoms with E-state index < -0.39 is 0 Å². The molecule has 15 heavy (non-hydrogen) atoms. The number of thiazole rings is 1. The quantitative estimate of drug-likeness (QED) is 0.798. The third-order valence-electron chi connectivity index (χ3n) is 2.31. The van der Waals surface area contributed by atoms with Gasteiger partial charge in [0.2, 0.25) is 0 Å². The number of nitrogens with two attached hydrogens (primary N) is 1. The number of fused-ring (bicyclic) bond motifs is 1. The average molecular weight is 217 g/mol. The second kappa shape index (κ2) is 3.52. The van der Waals surface area contributed by atoms with Crippen LogP contribution >= 0.6 is 11.3 Å². The Balaban J connectivity index is 2.85. The fourth-order valence-corrected chi connectivity index (χ4v) is 2.46. The van der Waals surface area contributed by atoms with Crippen molar-refractivity contribution in [3.05, 3.63) is 23.3 Å². The summed E-state index contributed by atoms with van der Waals surface area (Å²) in [7, 11) is 0. The molecule has 0 aliphatic heterocycles. The van der Waals surface area contributed by atoms with Gasteiger partial charge in [-0.1, -0.05) is 25.2 Å². The van der Waals surface area contributed by atoms with Gasteiger partial charge in [0, 0.05) is 0 Å². The van der Waals surface area contributed by atoms with Crippen molar-refractivity contribution in [1.29, 1.82) is 5.26 Å². The zero-order chi connectivity index (χ0) is 11.0. The van der Waals surface area contributed by atoms with E-state index in [0.717, 1.165) is 15.8 Å². The van der Waals surface area contributed by atoms with E-state index in [0.29, 0.717) is 10.7 Å². The highest BCUT2D eigenvalue weighted by Crippen LogP contribution is 2.32. The molecular formula is C11H11N3S. The first kappa shape index (κ1) is 9.94. The van der Waals surface area contributed by atoms with E-state index in [2.05, 4.69) is 24.9 Å². The maximum atomic E-state index is 9.03. The van der Waals surface area contributed by atoms with Crippen LogP contribution < -0.4 is 5.73 Å². The van der Waals surface area contributed by atoms with Crippen LogP contribution in [0, 0.1) is 11.3 Å². The number of nitriles is 1. The third-order valence-corrected chi connectivity index (χ3v) is 3.16. The summed E-state index contributed by atoms with van der Waals surface area (Å²) in [6, 6.07) is 5.96. The molecule has 2 aromatic rings. The lowest BCUT2D eigenvalue weighted by molar-refractivity contribution is 0.870. The maximum absolute atomic E-state index is 9.03. The van der Waals surface area contributed by atoms with Crippen molar-refractivity contribution in [2.45, 2.75) is 19.8 Å². The van der Waals surface area contributed by atoms with E-state index >= 15 is 0 Å². The second-order valence-corrected chi connectivity index (χ2v) is 4.75. The van der Waals surface area contributed by atoms with E-state index in [4.69, 9.17) is 11.0 Å². The van der Waals surface area contributed by atoms with Crippen molar-refractivity contribution < 1.29 is 0 Å². The Morgan fingerprint density at radius 2 is 2.20 bits per heavy atom. The number of aromatic nitrogens is 1. The van der Waals surface area contributed by atoms with Gasteiger partial charge in [-0.05, 0) is 23.6 Å². The van der Waals surface area contributed by atoms with Crippen LogP contribution in [-0.2, 0) is 0 Å². The third kappa shape index (κ3) is 1.55. The van der Waals surface area contributed by atoms with Crippen molar-refractivity contribution in [2.75, 3.05) is 5.73 Å². The van der Waals surface area contributed by atoms with Crippen LogP contribution in [-0.4, -0.2) is 4.98 Å². The van der Waals surface area contributed by atoms with E-state index in [1.165, 1.54) is 11.3 Å². The molecule has 2 rings (SSSR count). The Morgan fingerprint density at radius 3 is 2.80 bits per heavy atom. The Kier molecular flexibility index (Phi) is 2.33. The molecule has 0 aliphatic carbocycles. The molecule has 1 aromatic carbocycles. The standard InChI is InChI=1S/C11H11N3S/c1-6(2)9-7(5-12)3-4-8-10(9)14-11(13)15-8/h3-4,6H,1-2H3,(H2,13,14). The predicted octanol–water partition coefficient (Wildman–Crippen LogP) is 2.87. The zero-order valence-corrected chi connectivity index (χ0v) is 9.43. The lowest BCUT2D eigenvalue weighted by atomic mass is 9.97. The van der Waals surface area contributed by atoms with E-state index in [1.54, 1.807) is 0 Å². The molecule has 2 N–H and O–H groups in total. The predicted molar refractivity (Wildman–Crippen MR) is 62.8 cm³/mol. The summed E-state index contributed by atoms with van der Waals surface area (Å²) in [5, 5.41) is 9.59. The molecule has 76 valence electrons. The normalized spacial score (nSPS) is 10.8. The summed E-state index contributed by atoms with van der Waals surface area (Å²) >= 11 is 1.46. The molecule has 0 atom stereocenters. The monoisotopic (exact) mass is 217 g/mol. The van der Waals surface area contributed by atoms with Crippen LogP contribution in [0.5, 0.6) is 0 Å². The van der Waals surface area contributed by atoms with Crippen molar-refractivity contribution in [3.8, 4) is 6.07 Å². The van der Waals surface area contributed by atoms with Gasteiger partial charge in [0.1, 0.15) is 0 Å². The van der Waals surface area contributed by atoms with Gasteiger partial charge >= 0.3 is 0 Å². The topological polar surface area (TPSA) is 62.7 Å². The molecular weight excluding hydrogens is 206 g/mol. The van der Waals surface area contributed by atoms with Crippen LogP contribution in [0.4, 0.5) is 5.13 Å². The van der Waals surface area contributed by atoms with Gasteiger partial charge in [-0.25, -0.2) is 4.98 Å². The fraction of sp³-hybridized carbons (Fsp3) is 0.273. The molecule has 0 spiro atoms. The van der Waals surface area contributed by atoms with Crippen molar-refractivity contribution in [3.63, 3.8) is 0 Å². The molecule has 0 aliphatic rings. The molecule has 1 aromatic heterocycles. The Labute approximate surface area is 92.2 Å². The second-order valence-electron chi connectivity index (χ2n) is 3.69. The van der Waals surface area contributed by atoms with Crippen LogP contribution in [0.1, 0.15) is 30.9 Å². The molecule has 0 fully saturated rings. The van der Waals surface area contributed by atoms with Gasteiger partial charge in [-0.15, -0.1) is 0 Å². The van der Waals surface area contributed by atoms with Gasteiger partial charge in [-0.3, -0.25) is 0 Å². The maximum Gasteiger partial charge on any atom is 0.181 e. The number of hydrogen-bond acceptors (Lipinski definition) is 4. The number of hydrogen-bond donors (Lipinski definition) is 1. The van der Waals surface area contributed by atoms with E-state index in [9.17, 15) is 0 Å². The Hall–Kier alpha value is -1.60. The smallest absolute Gasteiger partial charge is 0.181 e. The molecule has 0 saturated carbocycles. The minimum Gasteiger partial charge on any atom is -0.375 e. The zero-order valence-electron chi connectivity index (χ0n) is 8.61. The van der Waals surface area contributed by atoms with E-state index in [1.807, 2.05) is 12.1 Å². The first-order valence-corrected chi connectivity index (χ1v) is 5.54. The van der Waals surface area contributed by atoms with Gasteiger partial charge in [0.25, 0.3) is 0 Å². The number of benzene rings is 1. The summed E-state index contributed by atoms with van der Waals surface area (Å²) in [6.45, 7) is 4.12. The highest BCUT2D eigenvalue weighted by Gasteiger charge is 2.14. The molecule has 3 nitrogen and oxygen atoms in total. The number of rotatable bonds is 1. The number of nitrogens with zero attached hydrogens (tertiary/aromatic N) is 2. The van der Waals surface area contributed by atoms with Crippen molar-refractivity contribution in [2.24, 2.45) is 0 Å². The minimum atomic E-state index is 0.282. The van der Waals surface area contributed by atoms with E-state index in [-0.39, 0.29) is 5.92 Å². The van der Waals surface area contributed by atoms with Crippen LogP contribution in [0.2, 0.25) is 0 Å². The highest BCUT2D eigenvalue weighted by atomic mass is 32.1. The molecule has 0 unspecified atom stereocenters. The van der Waals surface area contributed by atoms with Gasteiger partial charge in [-0.2, -0.15) is 5.26 Å². The van der Waals surface area contributed by atoms with Gasteiger partial charge in [0.15, 0.2) is 5.13 Å². The largest absolute Gasteiger partial charge is 0.375 e. The Bertz CT molecular complexity index is 549. The van der Waals surface area contributed by atoms with Crippen molar-refractivity contribution >= 4 is 26.7 Å². The lowest BCUT2D eigenvalue weighted by Crippen LogP contribution is -1.94. The van der Waals surface area contributed by atoms with Crippen LogP contribution in [0.15, 0.2) is 12.1 Å². The van der Waals surface area contributed by atoms with Crippen molar-refractivity contribution in [1.82, 2.24) is 4.98 Å². The summed E-state index contributed by atoms with van der Waals surface area (Å²) < 4.78 is 1.05. The summed E-state index contributed by atoms with van der Waals surface area (Å²) in [4.78, 5) is 4.29. The molecule has 1 heterocycles. The fourth-order valence-electron chi connectivity index (χ4n) is 1.71. The van der Waals surface area contributed by atoms with Crippen LogP contribution in [0.3, 0.4) is 0 Å². The molecule has 0 saturated heterocycles. The summed E-state index contributed by atoms with van der Waals surface area (Å²) in [5.41, 5.74) is 8.26.